The molecule has 0 atom stereocenters. The Balaban J connectivity index is 2.44. The number of nitrogens with zero attached hydrogens (tertiary/aromatic N) is 1. The third-order valence-electron chi connectivity index (χ3n) is 2.20. The maximum Gasteiger partial charge on any atom is 0.243 e. The Morgan fingerprint density at radius 2 is 2.22 bits per heavy atom. The minimum absolute atomic E-state index is 0.0137. The van der Waals surface area contributed by atoms with Crippen molar-refractivity contribution in [2.45, 2.75) is 24.7 Å². The minimum Gasteiger partial charge on any atom is -0.380 e. The summed E-state index contributed by atoms with van der Waals surface area (Å²) in [7, 11) is -3.61. The molecule has 1 rings (SSSR count). The normalized spacial score (nSPS) is 11.7. The number of ether oxygens (including phenoxy) is 1. The van der Waals surface area contributed by atoms with Crippen LogP contribution in [0.3, 0.4) is 0 Å². The molecule has 0 saturated carbocycles. The van der Waals surface area contributed by atoms with E-state index in [1.54, 1.807) is 0 Å². The molecule has 0 aliphatic heterocycles. The average molecular weight is 293 g/mol. The maximum atomic E-state index is 11.9. The van der Waals surface area contributed by atoms with E-state index < -0.39 is 10.0 Å². The Bertz CT molecular complexity index is 465. The van der Waals surface area contributed by atoms with E-state index in [4.69, 9.17) is 16.3 Å². The van der Waals surface area contributed by atoms with Crippen molar-refractivity contribution >= 4 is 21.6 Å². The van der Waals surface area contributed by atoms with Gasteiger partial charge < -0.3 is 4.74 Å². The van der Waals surface area contributed by atoms with E-state index in [2.05, 4.69) is 16.6 Å². The van der Waals surface area contributed by atoms with Crippen LogP contribution >= 0.6 is 11.6 Å². The Morgan fingerprint density at radius 1 is 1.44 bits per heavy atom. The third kappa shape index (κ3) is 4.89. The van der Waals surface area contributed by atoms with Crippen molar-refractivity contribution in [3.8, 4) is 0 Å². The van der Waals surface area contributed by atoms with Gasteiger partial charge in [-0.05, 0) is 18.6 Å². The summed E-state index contributed by atoms with van der Waals surface area (Å²) in [5, 5.41) is -0.0306. The number of pyridine rings is 1. The van der Waals surface area contributed by atoms with Gasteiger partial charge in [0.05, 0.1) is 6.61 Å². The zero-order valence-electron chi connectivity index (χ0n) is 10.2. The van der Waals surface area contributed by atoms with E-state index in [0.717, 1.165) is 12.8 Å². The molecule has 1 heterocycles. The molecule has 0 unspecified atom stereocenters. The number of aromatic nitrogens is 1. The minimum atomic E-state index is -3.61. The Morgan fingerprint density at radius 3 is 2.89 bits per heavy atom. The molecular formula is C11H17ClN2O3S. The van der Waals surface area contributed by atoms with Gasteiger partial charge in [0.2, 0.25) is 10.0 Å². The van der Waals surface area contributed by atoms with Gasteiger partial charge in [0.1, 0.15) is 10.0 Å². The lowest BCUT2D eigenvalue weighted by atomic mass is 10.4. The highest BCUT2D eigenvalue weighted by Crippen LogP contribution is 2.16. The number of halogens is 1. The van der Waals surface area contributed by atoms with Crippen LogP contribution in [0.4, 0.5) is 0 Å². The summed E-state index contributed by atoms with van der Waals surface area (Å²) in [4.78, 5) is 3.72. The zero-order valence-corrected chi connectivity index (χ0v) is 11.8. The Hall–Kier alpha value is -0.690. The van der Waals surface area contributed by atoms with Crippen LogP contribution < -0.4 is 4.72 Å². The van der Waals surface area contributed by atoms with Crippen LogP contribution in [0.15, 0.2) is 23.2 Å². The number of rotatable bonds is 8. The van der Waals surface area contributed by atoms with Crippen LogP contribution in [-0.4, -0.2) is 33.2 Å². The summed E-state index contributed by atoms with van der Waals surface area (Å²) in [6.07, 6.45) is 3.47. The van der Waals surface area contributed by atoms with Crippen molar-refractivity contribution in [2.75, 3.05) is 19.8 Å². The highest BCUT2D eigenvalue weighted by atomic mass is 35.5. The first-order chi connectivity index (χ1) is 8.58. The van der Waals surface area contributed by atoms with Crippen molar-refractivity contribution in [1.29, 1.82) is 0 Å². The highest BCUT2D eigenvalue weighted by Gasteiger charge is 2.17. The molecule has 0 aromatic carbocycles. The summed E-state index contributed by atoms with van der Waals surface area (Å²) < 4.78 is 31.4. The van der Waals surface area contributed by atoms with Gasteiger partial charge in [-0.2, -0.15) is 0 Å². The fraction of sp³-hybridized carbons (Fsp3) is 0.545. The van der Waals surface area contributed by atoms with Crippen molar-refractivity contribution in [3.63, 3.8) is 0 Å². The van der Waals surface area contributed by atoms with E-state index in [1.165, 1.54) is 18.3 Å². The van der Waals surface area contributed by atoms with Crippen molar-refractivity contribution in [1.82, 2.24) is 9.71 Å². The van der Waals surface area contributed by atoms with Crippen LogP contribution in [0, 0.1) is 0 Å². The predicted octanol–water partition coefficient (Wildman–Crippen LogP) is 1.83. The molecule has 0 amide bonds. The summed E-state index contributed by atoms with van der Waals surface area (Å²) in [5.41, 5.74) is 0. The van der Waals surface area contributed by atoms with Crippen molar-refractivity contribution in [3.05, 3.63) is 23.5 Å². The molecule has 1 aromatic heterocycles. The van der Waals surface area contributed by atoms with E-state index in [0.29, 0.717) is 13.2 Å². The van der Waals surface area contributed by atoms with Gasteiger partial charge in [-0.15, -0.1) is 0 Å². The van der Waals surface area contributed by atoms with E-state index in [9.17, 15) is 8.42 Å². The molecular weight excluding hydrogens is 276 g/mol. The SMILES string of the molecule is CCCCOCCNS(=O)(=O)c1cccnc1Cl. The maximum absolute atomic E-state index is 11.9. The van der Waals surface area contributed by atoms with Crippen LogP contribution in [0.5, 0.6) is 0 Å². The smallest absolute Gasteiger partial charge is 0.243 e. The number of sulfonamides is 1. The molecule has 5 nitrogen and oxygen atoms in total. The molecule has 102 valence electrons. The fourth-order valence-corrected chi connectivity index (χ4v) is 2.71. The lowest BCUT2D eigenvalue weighted by molar-refractivity contribution is 0.136. The monoisotopic (exact) mass is 292 g/mol. The second-order valence-electron chi connectivity index (χ2n) is 3.66. The van der Waals surface area contributed by atoms with Gasteiger partial charge >= 0.3 is 0 Å². The largest absolute Gasteiger partial charge is 0.380 e. The van der Waals surface area contributed by atoms with Crippen molar-refractivity contribution < 1.29 is 13.2 Å². The number of hydrogen-bond donors (Lipinski definition) is 1. The lowest BCUT2D eigenvalue weighted by Gasteiger charge is -2.08. The number of nitrogens with one attached hydrogen (secondary N) is 1. The van der Waals surface area contributed by atoms with Crippen LogP contribution in [0.2, 0.25) is 5.15 Å². The summed E-state index contributed by atoms with van der Waals surface area (Å²) in [5.74, 6) is 0. The van der Waals surface area contributed by atoms with Crippen LogP contribution in [-0.2, 0) is 14.8 Å². The van der Waals surface area contributed by atoms with E-state index in [1.807, 2.05) is 0 Å². The van der Waals surface area contributed by atoms with E-state index in [-0.39, 0.29) is 16.6 Å². The molecule has 0 bridgehead atoms. The molecule has 0 aliphatic rings. The van der Waals surface area contributed by atoms with Gasteiger partial charge in [0.15, 0.2) is 0 Å². The summed E-state index contributed by atoms with van der Waals surface area (Å²) >= 11 is 5.73. The molecule has 1 aromatic rings. The van der Waals surface area contributed by atoms with Gasteiger partial charge in [-0.25, -0.2) is 18.1 Å². The molecule has 18 heavy (non-hydrogen) atoms. The molecule has 0 radical (unpaired) electrons. The topological polar surface area (TPSA) is 68.3 Å². The van der Waals surface area contributed by atoms with Gasteiger partial charge in [-0.3, -0.25) is 0 Å². The summed E-state index contributed by atoms with van der Waals surface area (Å²) in [6.45, 7) is 3.27. The molecule has 7 heteroatoms. The standard InChI is InChI=1S/C11H17ClN2O3S/c1-2-3-8-17-9-7-14-18(15,16)10-5-4-6-13-11(10)12/h4-6,14H,2-3,7-9H2,1H3. The van der Waals surface area contributed by atoms with Crippen molar-refractivity contribution in [2.24, 2.45) is 0 Å². The molecule has 0 saturated heterocycles. The van der Waals surface area contributed by atoms with E-state index >= 15 is 0 Å². The molecule has 1 N–H and O–H groups in total. The highest BCUT2D eigenvalue weighted by molar-refractivity contribution is 7.89. The fourth-order valence-electron chi connectivity index (χ4n) is 1.25. The Kier molecular flexibility index (Phi) is 6.56. The number of hydrogen-bond acceptors (Lipinski definition) is 4. The molecule has 0 aliphatic carbocycles. The van der Waals surface area contributed by atoms with Gasteiger partial charge in [0, 0.05) is 19.3 Å². The second kappa shape index (κ2) is 7.68. The first-order valence-corrected chi connectivity index (χ1v) is 7.62. The molecule has 0 fully saturated rings. The predicted molar refractivity (Wildman–Crippen MR) is 70.2 cm³/mol. The average Bonchev–Trinajstić information content (AvgIpc) is 2.34. The van der Waals surface area contributed by atoms with Gasteiger partial charge in [0.25, 0.3) is 0 Å². The first-order valence-electron chi connectivity index (χ1n) is 5.76. The van der Waals surface area contributed by atoms with Crippen LogP contribution in [0.1, 0.15) is 19.8 Å². The summed E-state index contributed by atoms with van der Waals surface area (Å²) in [6, 6.07) is 2.94. The first kappa shape index (κ1) is 15.4. The lowest BCUT2D eigenvalue weighted by Crippen LogP contribution is -2.28. The quantitative estimate of drug-likeness (QED) is 0.586. The van der Waals surface area contributed by atoms with Gasteiger partial charge in [-0.1, -0.05) is 24.9 Å². The zero-order chi connectivity index (χ0) is 13.4. The second-order valence-corrected chi connectivity index (χ2v) is 5.75. The number of unbranched alkanes of at least 4 members (excludes halogenated alkanes) is 1. The third-order valence-corrected chi connectivity index (χ3v) is 4.10. The Labute approximate surface area is 113 Å². The molecule has 0 spiro atoms. The van der Waals surface area contributed by atoms with Crippen LogP contribution in [0.25, 0.3) is 0 Å².